The van der Waals surface area contributed by atoms with E-state index in [1.165, 1.54) is 0 Å². The molecule has 0 spiro atoms. The Bertz CT molecular complexity index is 430. The van der Waals surface area contributed by atoms with Gasteiger partial charge in [-0.15, -0.1) is 0 Å². The van der Waals surface area contributed by atoms with E-state index in [-0.39, 0.29) is 11.3 Å². The lowest BCUT2D eigenvalue weighted by Crippen LogP contribution is -2.53. The van der Waals surface area contributed by atoms with Crippen LogP contribution in [-0.4, -0.2) is 33.1 Å². The third kappa shape index (κ3) is 2.72. The van der Waals surface area contributed by atoms with Crippen LogP contribution in [0.15, 0.2) is 10.6 Å². The van der Waals surface area contributed by atoms with Gasteiger partial charge < -0.3 is 4.74 Å². The largest absolute Gasteiger partial charge is 0.455 e. The van der Waals surface area contributed by atoms with Crippen LogP contribution in [-0.2, 0) is 14.3 Å². The maximum atomic E-state index is 12.2. The van der Waals surface area contributed by atoms with E-state index in [0.29, 0.717) is 17.4 Å². The molecule has 0 aliphatic carbocycles. The average molecular weight is 352 g/mol. The highest BCUT2D eigenvalue weighted by atomic mass is 79.9. The Morgan fingerprint density at radius 2 is 2.22 bits per heavy atom. The Kier molecular flexibility index (Phi) is 4.04. The van der Waals surface area contributed by atoms with Crippen molar-refractivity contribution in [2.24, 2.45) is 0 Å². The summed E-state index contributed by atoms with van der Waals surface area (Å²) in [6.07, 6.45) is 0.500. The van der Waals surface area contributed by atoms with E-state index in [0.717, 1.165) is 4.91 Å². The number of alkyl halides is 1. The van der Waals surface area contributed by atoms with Gasteiger partial charge in [0.25, 0.3) is 0 Å². The summed E-state index contributed by atoms with van der Waals surface area (Å²) in [6.45, 7) is 5.46. The highest BCUT2D eigenvalue weighted by Crippen LogP contribution is 2.50. The van der Waals surface area contributed by atoms with Crippen molar-refractivity contribution in [1.29, 1.82) is 0 Å². The molecule has 4 nitrogen and oxygen atoms in total. The quantitative estimate of drug-likeness (QED) is 0.331. The predicted octanol–water partition coefficient (Wildman–Crippen LogP) is 2.89. The van der Waals surface area contributed by atoms with E-state index < -0.39 is 11.6 Å². The standard InChI is InChI=1S/C11H14BrNO3S2/c1-11(2,3)16-10(15)9-6(5-12)17-18-8-4-7(14)13(8)9/h8H,4-5H2,1-3H3/t8-/m1/s1. The molecule has 18 heavy (non-hydrogen) atoms. The van der Waals surface area contributed by atoms with Gasteiger partial charge in [0.2, 0.25) is 5.91 Å². The summed E-state index contributed by atoms with van der Waals surface area (Å²) < 4.78 is 5.38. The number of halogens is 1. The average Bonchev–Trinajstić information content (AvgIpc) is 2.24. The number of β-lactam (4-membered cyclic amide) rings is 1. The van der Waals surface area contributed by atoms with Gasteiger partial charge in [0, 0.05) is 10.2 Å². The number of fused-ring (bicyclic) bond motifs is 1. The molecule has 0 aromatic carbocycles. The Labute approximate surface area is 122 Å². The first-order valence-electron chi connectivity index (χ1n) is 5.51. The van der Waals surface area contributed by atoms with Crippen LogP contribution in [0.2, 0.25) is 0 Å². The molecule has 0 bridgehead atoms. The fraction of sp³-hybridized carbons (Fsp3) is 0.636. The van der Waals surface area contributed by atoms with Crippen molar-refractivity contribution in [2.75, 3.05) is 5.33 Å². The number of ether oxygens (including phenoxy) is 1. The van der Waals surface area contributed by atoms with Crippen LogP contribution in [0.3, 0.4) is 0 Å². The second kappa shape index (κ2) is 5.09. The minimum absolute atomic E-state index is 0.00731. The van der Waals surface area contributed by atoms with Gasteiger partial charge in [0.15, 0.2) is 0 Å². The number of carbonyl (C=O) groups excluding carboxylic acids is 2. The number of amides is 1. The van der Waals surface area contributed by atoms with Gasteiger partial charge in [-0.3, -0.25) is 9.69 Å². The van der Waals surface area contributed by atoms with Crippen LogP contribution in [0.1, 0.15) is 27.2 Å². The number of rotatable bonds is 2. The van der Waals surface area contributed by atoms with Gasteiger partial charge in [0.1, 0.15) is 16.7 Å². The number of carbonyl (C=O) groups is 2. The lowest BCUT2D eigenvalue weighted by atomic mass is 10.1. The van der Waals surface area contributed by atoms with Gasteiger partial charge in [-0.2, -0.15) is 0 Å². The molecule has 100 valence electrons. The van der Waals surface area contributed by atoms with E-state index in [1.54, 1.807) is 26.5 Å². The molecule has 7 heteroatoms. The molecule has 0 unspecified atom stereocenters. The van der Waals surface area contributed by atoms with E-state index in [1.807, 2.05) is 20.8 Å². The zero-order chi connectivity index (χ0) is 13.5. The zero-order valence-corrected chi connectivity index (χ0v) is 13.6. The van der Waals surface area contributed by atoms with E-state index in [4.69, 9.17) is 4.74 Å². The molecule has 0 aromatic heterocycles. The van der Waals surface area contributed by atoms with Crippen LogP contribution in [0.25, 0.3) is 0 Å². The normalized spacial score (nSPS) is 23.7. The number of allylic oxidation sites excluding steroid dienone is 1. The fourth-order valence-electron chi connectivity index (χ4n) is 1.64. The summed E-state index contributed by atoms with van der Waals surface area (Å²) in [5, 5.41) is 0.628. The Hall–Kier alpha value is -0.140. The predicted molar refractivity (Wildman–Crippen MR) is 77.1 cm³/mol. The number of hydrogen-bond donors (Lipinski definition) is 0. The van der Waals surface area contributed by atoms with E-state index >= 15 is 0 Å². The molecule has 2 heterocycles. The molecule has 1 atom stereocenters. The molecule has 2 aliphatic rings. The first kappa shape index (κ1) is 14.3. The van der Waals surface area contributed by atoms with Crippen LogP contribution in [0.4, 0.5) is 0 Å². The molecule has 0 saturated carbocycles. The Morgan fingerprint density at radius 1 is 1.56 bits per heavy atom. The molecule has 2 rings (SSSR count). The molecule has 0 N–H and O–H groups in total. The number of esters is 1. The van der Waals surface area contributed by atoms with Crippen molar-refractivity contribution in [3.63, 3.8) is 0 Å². The lowest BCUT2D eigenvalue weighted by Gasteiger charge is -2.43. The third-order valence-corrected chi connectivity index (χ3v) is 6.11. The summed E-state index contributed by atoms with van der Waals surface area (Å²) in [6, 6.07) is 0. The van der Waals surface area contributed by atoms with Gasteiger partial charge in [0.05, 0.1) is 6.42 Å². The molecule has 0 aromatic rings. The SMILES string of the molecule is CC(C)(C)OC(=O)C1=C(CBr)SS[C@@H]2CC(=O)N12. The maximum absolute atomic E-state index is 12.2. The maximum Gasteiger partial charge on any atom is 0.356 e. The van der Waals surface area contributed by atoms with Crippen LogP contribution in [0, 0.1) is 0 Å². The highest BCUT2D eigenvalue weighted by Gasteiger charge is 2.46. The lowest BCUT2D eigenvalue weighted by molar-refractivity contribution is -0.156. The number of hydrogen-bond acceptors (Lipinski definition) is 5. The third-order valence-electron chi connectivity index (χ3n) is 2.38. The highest BCUT2D eigenvalue weighted by molar-refractivity contribution is 9.09. The topological polar surface area (TPSA) is 46.6 Å². The Balaban J connectivity index is 2.27. The van der Waals surface area contributed by atoms with Crippen molar-refractivity contribution >= 4 is 49.4 Å². The molecule has 2 aliphatic heterocycles. The minimum atomic E-state index is -0.555. The van der Waals surface area contributed by atoms with Crippen molar-refractivity contribution < 1.29 is 14.3 Å². The summed E-state index contributed by atoms with van der Waals surface area (Å²) in [5.41, 5.74) is -0.146. The molecule has 1 amide bonds. The molecular formula is C11H14BrNO3S2. The second-order valence-electron chi connectivity index (χ2n) is 5.01. The summed E-state index contributed by atoms with van der Waals surface area (Å²) in [7, 11) is 3.16. The number of nitrogens with zero attached hydrogens (tertiary/aromatic N) is 1. The smallest absolute Gasteiger partial charge is 0.356 e. The summed E-state index contributed by atoms with van der Waals surface area (Å²) in [5.74, 6) is -0.421. The van der Waals surface area contributed by atoms with Gasteiger partial charge in [-0.1, -0.05) is 37.5 Å². The van der Waals surface area contributed by atoms with Crippen LogP contribution >= 0.6 is 37.5 Å². The van der Waals surface area contributed by atoms with E-state index in [9.17, 15) is 9.59 Å². The molecular weight excluding hydrogens is 338 g/mol. The van der Waals surface area contributed by atoms with Gasteiger partial charge >= 0.3 is 5.97 Å². The van der Waals surface area contributed by atoms with Crippen LogP contribution < -0.4 is 0 Å². The fourth-order valence-corrected chi connectivity index (χ4v) is 5.32. The van der Waals surface area contributed by atoms with Crippen molar-refractivity contribution in [3.8, 4) is 0 Å². The Morgan fingerprint density at radius 3 is 2.72 bits per heavy atom. The summed E-state index contributed by atoms with van der Waals surface area (Å²) in [4.78, 5) is 26.3. The van der Waals surface area contributed by atoms with Gasteiger partial charge in [-0.05, 0) is 20.8 Å². The molecule has 0 radical (unpaired) electrons. The van der Waals surface area contributed by atoms with Gasteiger partial charge in [-0.25, -0.2) is 4.79 Å². The first-order valence-corrected chi connectivity index (χ1v) is 8.85. The monoisotopic (exact) mass is 351 g/mol. The van der Waals surface area contributed by atoms with Crippen molar-refractivity contribution in [3.05, 3.63) is 10.6 Å². The van der Waals surface area contributed by atoms with Crippen molar-refractivity contribution in [1.82, 2.24) is 4.90 Å². The minimum Gasteiger partial charge on any atom is -0.455 e. The van der Waals surface area contributed by atoms with Crippen molar-refractivity contribution in [2.45, 2.75) is 38.2 Å². The zero-order valence-electron chi connectivity index (χ0n) is 10.4. The molecule has 1 fully saturated rings. The van der Waals surface area contributed by atoms with E-state index in [2.05, 4.69) is 15.9 Å². The molecule has 1 saturated heterocycles. The summed E-state index contributed by atoms with van der Waals surface area (Å²) >= 11 is 3.35. The first-order chi connectivity index (χ1) is 8.33. The van der Waals surface area contributed by atoms with Crippen LogP contribution in [0.5, 0.6) is 0 Å². The second-order valence-corrected chi connectivity index (χ2v) is 8.04.